The van der Waals surface area contributed by atoms with Gasteiger partial charge in [0.2, 0.25) is 0 Å². The third-order valence-electron chi connectivity index (χ3n) is 2.82. The Kier molecular flexibility index (Phi) is 3.58. The highest BCUT2D eigenvalue weighted by atomic mass is 19.2. The van der Waals surface area contributed by atoms with Crippen LogP contribution < -0.4 is 5.73 Å². The van der Waals surface area contributed by atoms with Gasteiger partial charge in [-0.25, -0.2) is 8.78 Å². The molecule has 18 heavy (non-hydrogen) atoms. The molecule has 0 saturated carbocycles. The van der Waals surface area contributed by atoms with Gasteiger partial charge in [-0.2, -0.15) is 0 Å². The lowest BCUT2D eigenvalue weighted by Gasteiger charge is -2.11. The monoisotopic (exact) mass is 249 g/mol. The number of nitrogen functional groups attached to an aromatic ring is 1. The standard InChI is InChI=1S/C14H13F2NO/c15-12-6-2-4-10(13(12)16)11-5-1-3-9(7-8-18)14(11)17/h1-6,18H,7-8,17H2. The highest BCUT2D eigenvalue weighted by molar-refractivity contribution is 5.78. The molecular weight excluding hydrogens is 236 g/mol. The fraction of sp³-hybridized carbons (Fsp3) is 0.143. The number of anilines is 1. The number of halogens is 2. The summed E-state index contributed by atoms with van der Waals surface area (Å²) in [4.78, 5) is 0. The van der Waals surface area contributed by atoms with Gasteiger partial charge in [0.05, 0.1) is 0 Å². The Morgan fingerprint density at radius 1 is 1.00 bits per heavy atom. The van der Waals surface area contributed by atoms with E-state index in [2.05, 4.69) is 0 Å². The van der Waals surface area contributed by atoms with Gasteiger partial charge in [-0.3, -0.25) is 0 Å². The fourth-order valence-corrected chi connectivity index (χ4v) is 1.90. The number of benzene rings is 2. The van der Waals surface area contributed by atoms with Crippen LogP contribution in [0.3, 0.4) is 0 Å². The van der Waals surface area contributed by atoms with Crippen LogP contribution in [0.1, 0.15) is 5.56 Å². The molecule has 0 amide bonds. The normalized spacial score (nSPS) is 10.6. The van der Waals surface area contributed by atoms with Crippen molar-refractivity contribution in [2.75, 3.05) is 12.3 Å². The first-order valence-electron chi connectivity index (χ1n) is 5.57. The van der Waals surface area contributed by atoms with Gasteiger partial charge in [0, 0.05) is 23.4 Å². The topological polar surface area (TPSA) is 46.2 Å². The molecule has 2 aromatic carbocycles. The molecule has 2 rings (SSSR count). The minimum Gasteiger partial charge on any atom is -0.398 e. The van der Waals surface area contributed by atoms with E-state index in [0.29, 0.717) is 17.7 Å². The van der Waals surface area contributed by atoms with Crippen LogP contribution >= 0.6 is 0 Å². The van der Waals surface area contributed by atoms with Crippen molar-refractivity contribution in [1.29, 1.82) is 0 Å². The average Bonchev–Trinajstić information content (AvgIpc) is 2.36. The van der Waals surface area contributed by atoms with E-state index < -0.39 is 11.6 Å². The van der Waals surface area contributed by atoms with E-state index in [4.69, 9.17) is 10.8 Å². The summed E-state index contributed by atoms with van der Waals surface area (Å²) in [5, 5.41) is 8.91. The summed E-state index contributed by atoms with van der Waals surface area (Å²) in [5.74, 6) is -1.81. The largest absolute Gasteiger partial charge is 0.398 e. The molecule has 0 atom stereocenters. The summed E-state index contributed by atoms with van der Waals surface area (Å²) in [7, 11) is 0. The van der Waals surface area contributed by atoms with Crippen molar-refractivity contribution in [2.24, 2.45) is 0 Å². The van der Waals surface area contributed by atoms with Gasteiger partial charge in [0.25, 0.3) is 0 Å². The van der Waals surface area contributed by atoms with E-state index in [1.54, 1.807) is 18.2 Å². The molecule has 0 saturated heterocycles. The SMILES string of the molecule is Nc1c(CCO)cccc1-c1cccc(F)c1F. The van der Waals surface area contributed by atoms with Crippen LogP contribution in [0, 0.1) is 11.6 Å². The van der Waals surface area contributed by atoms with E-state index in [9.17, 15) is 8.78 Å². The maximum absolute atomic E-state index is 13.7. The van der Waals surface area contributed by atoms with Gasteiger partial charge < -0.3 is 10.8 Å². The molecular formula is C14H13F2NO. The summed E-state index contributed by atoms with van der Waals surface area (Å²) in [5.41, 5.74) is 7.59. The molecule has 0 unspecified atom stereocenters. The van der Waals surface area contributed by atoms with Gasteiger partial charge in [0.1, 0.15) is 0 Å². The number of nitrogens with two attached hydrogens (primary N) is 1. The minimum absolute atomic E-state index is 0.0424. The van der Waals surface area contributed by atoms with Crippen molar-refractivity contribution < 1.29 is 13.9 Å². The smallest absolute Gasteiger partial charge is 0.166 e. The third kappa shape index (κ3) is 2.19. The molecule has 0 heterocycles. The second-order valence-electron chi connectivity index (χ2n) is 3.95. The Hall–Kier alpha value is -1.94. The lowest BCUT2D eigenvalue weighted by Crippen LogP contribution is -2.01. The van der Waals surface area contributed by atoms with E-state index in [1.165, 1.54) is 12.1 Å². The molecule has 2 aromatic rings. The number of hydrogen-bond donors (Lipinski definition) is 2. The van der Waals surface area contributed by atoms with Crippen LogP contribution in [0.5, 0.6) is 0 Å². The third-order valence-corrected chi connectivity index (χ3v) is 2.82. The van der Waals surface area contributed by atoms with Crippen molar-refractivity contribution in [3.63, 3.8) is 0 Å². The van der Waals surface area contributed by atoms with Crippen molar-refractivity contribution >= 4 is 5.69 Å². The number of hydrogen-bond acceptors (Lipinski definition) is 2. The van der Waals surface area contributed by atoms with Gasteiger partial charge in [0.15, 0.2) is 11.6 Å². The zero-order valence-corrected chi connectivity index (χ0v) is 9.66. The number of aliphatic hydroxyl groups excluding tert-OH is 1. The van der Waals surface area contributed by atoms with Crippen LogP contribution in [0.2, 0.25) is 0 Å². The van der Waals surface area contributed by atoms with Gasteiger partial charge in [-0.1, -0.05) is 30.3 Å². The van der Waals surface area contributed by atoms with Gasteiger partial charge >= 0.3 is 0 Å². The summed E-state index contributed by atoms with van der Waals surface area (Å²) in [6.45, 7) is -0.0424. The van der Waals surface area contributed by atoms with E-state index in [1.807, 2.05) is 0 Å². The number of aliphatic hydroxyl groups is 1. The molecule has 2 nitrogen and oxygen atoms in total. The molecule has 4 heteroatoms. The van der Waals surface area contributed by atoms with Crippen molar-refractivity contribution in [3.8, 4) is 11.1 Å². The molecule has 0 spiro atoms. The molecule has 0 fully saturated rings. The summed E-state index contributed by atoms with van der Waals surface area (Å²) >= 11 is 0. The summed E-state index contributed by atoms with van der Waals surface area (Å²) in [6, 6.07) is 9.08. The molecule has 0 radical (unpaired) electrons. The van der Waals surface area contributed by atoms with Crippen LogP contribution in [0.25, 0.3) is 11.1 Å². The Morgan fingerprint density at radius 3 is 2.39 bits per heavy atom. The maximum Gasteiger partial charge on any atom is 0.166 e. The Labute approximate surface area is 104 Å². The molecule has 0 aromatic heterocycles. The molecule has 0 aliphatic rings. The number of para-hydroxylation sites is 1. The first-order valence-corrected chi connectivity index (χ1v) is 5.57. The average molecular weight is 249 g/mol. The first kappa shape index (κ1) is 12.5. The summed E-state index contributed by atoms with van der Waals surface area (Å²) < 4.78 is 26.9. The molecule has 0 aliphatic carbocycles. The van der Waals surface area contributed by atoms with Crippen LogP contribution in [-0.2, 0) is 6.42 Å². The first-order chi connectivity index (χ1) is 8.65. The maximum atomic E-state index is 13.7. The predicted molar refractivity (Wildman–Crippen MR) is 67.0 cm³/mol. The van der Waals surface area contributed by atoms with Crippen molar-refractivity contribution in [1.82, 2.24) is 0 Å². The molecule has 94 valence electrons. The minimum atomic E-state index is -0.912. The van der Waals surface area contributed by atoms with Crippen LogP contribution in [-0.4, -0.2) is 11.7 Å². The van der Waals surface area contributed by atoms with E-state index >= 15 is 0 Å². The van der Waals surface area contributed by atoms with Crippen molar-refractivity contribution in [3.05, 3.63) is 53.6 Å². The van der Waals surface area contributed by atoms with Crippen molar-refractivity contribution in [2.45, 2.75) is 6.42 Å². The molecule has 3 N–H and O–H groups in total. The quantitative estimate of drug-likeness (QED) is 0.822. The second kappa shape index (κ2) is 5.14. The lowest BCUT2D eigenvalue weighted by molar-refractivity contribution is 0.300. The lowest BCUT2D eigenvalue weighted by atomic mass is 9.98. The Morgan fingerprint density at radius 2 is 1.67 bits per heavy atom. The zero-order chi connectivity index (χ0) is 13.1. The fourth-order valence-electron chi connectivity index (χ4n) is 1.90. The molecule has 0 bridgehead atoms. The Bertz CT molecular complexity index is 570. The van der Waals surface area contributed by atoms with Crippen LogP contribution in [0.15, 0.2) is 36.4 Å². The zero-order valence-electron chi connectivity index (χ0n) is 9.66. The number of rotatable bonds is 3. The van der Waals surface area contributed by atoms with E-state index in [0.717, 1.165) is 11.6 Å². The van der Waals surface area contributed by atoms with Crippen LogP contribution in [0.4, 0.5) is 14.5 Å². The predicted octanol–water partition coefficient (Wildman–Crippen LogP) is 2.75. The Balaban J connectivity index is 2.57. The second-order valence-corrected chi connectivity index (χ2v) is 3.95. The molecule has 0 aliphatic heterocycles. The van der Waals surface area contributed by atoms with Gasteiger partial charge in [-0.05, 0) is 18.1 Å². The van der Waals surface area contributed by atoms with Gasteiger partial charge in [-0.15, -0.1) is 0 Å². The highest BCUT2D eigenvalue weighted by Crippen LogP contribution is 2.31. The highest BCUT2D eigenvalue weighted by Gasteiger charge is 2.13. The van der Waals surface area contributed by atoms with E-state index in [-0.39, 0.29) is 12.2 Å². The summed E-state index contributed by atoms with van der Waals surface area (Å²) in [6.07, 6.45) is 0.386.